The van der Waals surface area contributed by atoms with Crippen molar-refractivity contribution in [3.63, 3.8) is 0 Å². The molecule has 1 fully saturated rings. The van der Waals surface area contributed by atoms with E-state index < -0.39 is 0 Å². The number of carbonyl (C=O) groups is 1. The first-order valence-corrected chi connectivity index (χ1v) is 9.28. The van der Waals surface area contributed by atoms with Gasteiger partial charge in [0.05, 0.1) is 32.0 Å². The lowest BCUT2D eigenvalue weighted by molar-refractivity contribution is -0.125. The predicted molar refractivity (Wildman–Crippen MR) is 106 cm³/mol. The summed E-state index contributed by atoms with van der Waals surface area (Å²) in [5, 5.41) is 7.08. The molecule has 2 aromatic rings. The van der Waals surface area contributed by atoms with Crippen LogP contribution in [0.5, 0.6) is 11.5 Å². The number of hydrogen-bond acceptors (Lipinski definition) is 6. The van der Waals surface area contributed by atoms with Crippen LogP contribution in [-0.4, -0.2) is 43.0 Å². The second-order valence-corrected chi connectivity index (χ2v) is 6.86. The zero-order valence-corrected chi connectivity index (χ0v) is 16.5. The minimum atomic E-state index is -0.157. The molecule has 0 bridgehead atoms. The Kier molecular flexibility index (Phi) is 6.18. The van der Waals surface area contributed by atoms with Gasteiger partial charge in [0, 0.05) is 44.4 Å². The summed E-state index contributed by atoms with van der Waals surface area (Å²) in [6, 6.07) is 7.09. The van der Waals surface area contributed by atoms with Crippen molar-refractivity contribution >= 4 is 11.6 Å². The Bertz CT molecular complexity index is 896. The number of nitrogens with one attached hydrogen (secondary N) is 1. The van der Waals surface area contributed by atoms with E-state index in [1.54, 1.807) is 39.6 Å². The van der Waals surface area contributed by atoms with Crippen LogP contribution in [0.25, 0.3) is 0 Å². The van der Waals surface area contributed by atoms with Crippen LogP contribution in [0.1, 0.15) is 18.4 Å². The fourth-order valence-corrected chi connectivity index (χ4v) is 3.38. The second kappa shape index (κ2) is 8.77. The Balaban J connectivity index is 1.63. The van der Waals surface area contributed by atoms with Crippen LogP contribution in [0.2, 0.25) is 0 Å². The smallest absolute Gasteiger partial charge is 0.268 e. The van der Waals surface area contributed by atoms with E-state index in [0.717, 1.165) is 30.6 Å². The van der Waals surface area contributed by atoms with Crippen LogP contribution in [0.3, 0.4) is 0 Å². The fraction of sp³-hybridized carbons (Fsp3) is 0.450. The zero-order valence-electron chi connectivity index (χ0n) is 16.5. The molecule has 1 amide bonds. The molecule has 1 aromatic heterocycles. The van der Waals surface area contributed by atoms with Crippen LogP contribution in [0, 0.1) is 5.92 Å². The van der Waals surface area contributed by atoms with E-state index in [-0.39, 0.29) is 17.4 Å². The molecular weight excluding hydrogens is 360 g/mol. The number of methoxy groups -OCH3 is 2. The van der Waals surface area contributed by atoms with Crippen LogP contribution < -0.4 is 25.2 Å². The minimum absolute atomic E-state index is 0.000589. The first-order valence-electron chi connectivity index (χ1n) is 9.28. The molecule has 1 aromatic carbocycles. The fourth-order valence-electron chi connectivity index (χ4n) is 3.38. The molecule has 150 valence electrons. The van der Waals surface area contributed by atoms with Gasteiger partial charge in [0.25, 0.3) is 5.56 Å². The van der Waals surface area contributed by atoms with E-state index in [9.17, 15) is 9.59 Å². The highest BCUT2D eigenvalue weighted by Gasteiger charge is 2.26. The molecule has 0 spiro atoms. The summed E-state index contributed by atoms with van der Waals surface area (Å²) in [5.74, 6) is 1.25. The van der Waals surface area contributed by atoms with Crippen molar-refractivity contribution in [2.24, 2.45) is 13.0 Å². The van der Waals surface area contributed by atoms with E-state index in [0.29, 0.717) is 24.6 Å². The third-order valence-corrected chi connectivity index (χ3v) is 5.06. The van der Waals surface area contributed by atoms with Gasteiger partial charge in [-0.1, -0.05) is 0 Å². The summed E-state index contributed by atoms with van der Waals surface area (Å²) < 4.78 is 11.9. The van der Waals surface area contributed by atoms with Gasteiger partial charge in [0.1, 0.15) is 11.5 Å². The Labute approximate surface area is 164 Å². The Morgan fingerprint density at radius 2 is 2.11 bits per heavy atom. The summed E-state index contributed by atoms with van der Waals surface area (Å²) >= 11 is 0. The van der Waals surface area contributed by atoms with Gasteiger partial charge in [-0.15, -0.1) is 0 Å². The number of piperidine rings is 1. The predicted octanol–water partition coefficient (Wildman–Crippen LogP) is 1.33. The van der Waals surface area contributed by atoms with Crippen molar-refractivity contribution in [2.75, 3.05) is 32.2 Å². The monoisotopic (exact) mass is 386 g/mol. The Morgan fingerprint density at radius 3 is 2.82 bits per heavy atom. The summed E-state index contributed by atoms with van der Waals surface area (Å²) in [5.41, 5.74) is 1.49. The molecule has 0 unspecified atom stereocenters. The third-order valence-electron chi connectivity index (χ3n) is 5.06. The highest BCUT2D eigenvalue weighted by molar-refractivity contribution is 5.79. The average Bonchev–Trinajstić information content (AvgIpc) is 2.73. The molecule has 0 saturated carbocycles. The van der Waals surface area contributed by atoms with Crippen LogP contribution >= 0.6 is 0 Å². The Hall–Kier alpha value is -3.03. The molecule has 1 N–H and O–H groups in total. The highest BCUT2D eigenvalue weighted by atomic mass is 16.5. The number of hydrogen-bond donors (Lipinski definition) is 1. The van der Waals surface area contributed by atoms with Crippen molar-refractivity contribution in [3.8, 4) is 11.5 Å². The molecule has 0 radical (unpaired) electrons. The summed E-state index contributed by atoms with van der Waals surface area (Å²) in [6.07, 6.45) is 3.38. The standard InChI is InChI=1S/C20H26N4O4/c1-23-19(25)9-16(12-22-23)24-8-4-5-15(13-24)20(26)21-11-14-6-7-17(27-2)10-18(14)28-3/h6-7,9-10,12,15H,4-5,8,11,13H2,1-3H3,(H,21,26)/t15-/m1/s1. The molecule has 1 aliphatic rings. The van der Waals surface area contributed by atoms with Crippen molar-refractivity contribution < 1.29 is 14.3 Å². The summed E-state index contributed by atoms with van der Waals surface area (Å²) in [7, 11) is 4.81. The molecule has 28 heavy (non-hydrogen) atoms. The van der Waals surface area contributed by atoms with Crippen LogP contribution in [-0.2, 0) is 18.4 Å². The maximum Gasteiger partial charge on any atom is 0.268 e. The number of nitrogens with zero attached hydrogens (tertiary/aromatic N) is 3. The largest absolute Gasteiger partial charge is 0.497 e. The number of carbonyl (C=O) groups excluding carboxylic acids is 1. The average molecular weight is 386 g/mol. The number of ether oxygens (including phenoxy) is 2. The Morgan fingerprint density at radius 1 is 1.29 bits per heavy atom. The lowest BCUT2D eigenvalue weighted by atomic mass is 9.96. The second-order valence-electron chi connectivity index (χ2n) is 6.86. The van der Waals surface area contributed by atoms with Crippen molar-refractivity contribution in [1.82, 2.24) is 15.1 Å². The molecular formula is C20H26N4O4. The van der Waals surface area contributed by atoms with Gasteiger partial charge in [-0.2, -0.15) is 5.10 Å². The molecule has 8 nitrogen and oxygen atoms in total. The molecule has 3 rings (SSSR count). The number of anilines is 1. The SMILES string of the molecule is COc1ccc(CNC(=O)[C@@H]2CCCN(c3cnn(C)c(=O)c3)C2)c(OC)c1. The first-order chi connectivity index (χ1) is 13.5. The normalized spacial score (nSPS) is 16.5. The zero-order chi connectivity index (χ0) is 20.1. The van der Waals surface area contributed by atoms with Gasteiger partial charge in [0.15, 0.2) is 0 Å². The van der Waals surface area contributed by atoms with E-state index in [1.165, 1.54) is 4.68 Å². The van der Waals surface area contributed by atoms with Gasteiger partial charge < -0.3 is 19.7 Å². The quantitative estimate of drug-likeness (QED) is 0.806. The minimum Gasteiger partial charge on any atom is -0.497 e. The maximum absolute atomic E-state index is 12.7. The molecule has 1 atom stereocenters. The van der Waals surface area contributed by atoms with Crippen LogP contribution in [0.4, 0.5) is 5.69 Å². The third kappa shape index (κ3) is 4.44. The number of amides is 1. The first kappa shape index (κ1) is 19.7. The van der Waals surface area contributed by atoms with Gasteiger partial charge in [-0.3, -0.25) is 9.59 Å². The molecule has 0 aliphatic carbocycles. The lowest BCUT2D eigenvalue weighted by Crippen LogP contribution is -2.43. The number of aryl methyl sites for hydroxylation is 1. The number of benzene rings is 1. The van der Waals surface area contributed by atoms with E-state index in [1.807, 2.05) is 12.1 Å². The lowest BCUT2D eigenvalue weighted by Gasteiger charge is -2.33. The number of aromatic nitrogens is 2. The summed E-state index contributed by atoms with van der Waals surface area (Å²) in [6.45, 7) is 1.77. The molecule has 1 aliphatic heterocycles. The van der Waals surface area contributed by atoms with E-state index >= 15 is 0 Å². The maximum atomic E-state index is 12.7. The van der Waals surface area contributed by atoms with Crippen molar-refractivity contribution in [1.29, 1.82) is 0 Å². The van der Waals surface area contributed by atoms with Gasteiger partial charge in [-0.05, 0) is 25.0 Å². The van der Waals surface area contributed by atoms with Gasteiger partial charge in [0.2, 0.25) is 5.91 Å². The van der Waals surface area contributed by atoms with E-state index in [4.69, 9.17) is 9.47 Å². The number of rotatable bonds is 6. The van der Waals surface area contributed by atoms with Gasteiger partial charge >= 0.3 is 0 Å². The topological polar surface area (TPSA) is 85.7 Å². The van der Waals surface area contributed by atoms with Gasteiger partial charge in [-0.25, -0.2) is 4.68 Å². The molecule has 1 saturated heterocycles. The molecule has 2 heterocycles. The highest BCUT2D eigenvalue weighted by Crippen LogP contribution is 2.25. The van der Waals surface area contributed by atoms with E-state index in [2.05, 4.69) is 15.3 Å². The van der Waals surface area contributed by atoms with Crippen molar-refractivity contribution in [2.45, 2.75) is 19.4 Å². The van der Waals surface area contributed by atoms with Crippen LogP contribution in [0.15, 0.2) is 35.3 Å². The summed E-state index contributed by atoms with van der Waals surface area (Å²) in [4.78, 5) is 26.6. The molecule has 8 heteroatoms. The van der Waals surface area contributed by atoms with Crippen molar-refractivity contribution in [3.05, 3.63) is 46.4 Å².